The average Bonchev–Trinajstić information content (AvgIpc) is 2.18. The van der Waals surface area contributed by atoms with Gasteiger partial charge in [-0.25, -0.2) is 0 Å². The van der Waals surface area contributed by atoms with Crippen molar-refractivity contribution in [3.8, 4) is 0 Å². The number of hydrogen-bond donors (Lipinski definition) is 1. The molecule has 0 atom stereocenters. The Balaban J connectivity index is 2.41. The third kappa shape index (κ3) is 4.17. The Bertz CT molecular complexity index is 307. The maximum atomic E-state index is 6.00. The van der Waals surface area contributed by atoms with Crippen LogP contribution in [0.25, 0.3) is 0 Å². The predicted octanol–water partition coefficient (Wildman–Crippen LogP) is 4.11. The van der Waals surface area contributed by atoms with Crippen molar-refractivity contribution in [3.05, 3.63) is 23.8 Å². The molecular weight excluding hydrogens is 202 g/mol. The topological polar surface area (TPSA) is 26.0 Å². The van der Waals surface area contributed by atoms with Crippen molar-refractivity contribution in [1.29, 1.82) is 0 Å². The summed E-state index contributed by atoms with van der Waals surface area (Å²) < 4.78 is 0. The number of nitrogens with two attached hydrogens (primary N) is 1. The minimum atomic E-state index is 0.806. The Morgan fingerprint density at radius 1 is 1.33 bits per heavy atom. The van der Waals surface area contributed by atoms with Gasteiger partial charge in [-0.05, 0) is 36.6 Å². The second-order valence-electron chi connectivity index (χ2n) is 4.37. The summed E-state index contributed by atoms with van der Waals surface area (Å²) in [5.41, 5.74) is 8.14. The zero-order chi connectivity index (χ0) is 11.3. The smallest absolute Gasteiger partial charge is 0.0481 e. The number of anilines is 1. The van der Waals surface area contributed by atoms with Crippen LogP contribution in [0.5, 0.6) is 0 Å². The summed E-state index contributed by atoms with van der Waals surface area (Å²) in [4.78, 5) is 1.23. The number of rotatable bonds is 5. The molecule has 2 heteroatoms. The molecule has 1 rings (SSSR count). The fourth-order valence-corrected chi connectivity index (χ4v) is 2.48. The highest BCUT2D eigenvalue weighted by Crippen LogP contribution is 2.28. The fraction of sp³-hybridized carbons (Fsp3) is 0.538. The van der Waals surface area contributed by atoms with Crippen molar-refractivity contribution in [2.75, 3.05) is 11.5 Å². The van der Waals surface area contributed by atoms with Crippen molar-refractivity contribution in [3.63, 3.8) is 0 Å². The standard InChI is InChI=1S/C13H21NS/c1-10(2)6-5-9-15-12-8-4-7-11(3)13(12)14/h4,7-8,10H,5-6,9,14H2,1-3H3. The van der Waals surface area contributed by atoms with E-state index in [1.165, 1.54) is 29.1 Å². The molecule has 0 saturated carbocycles. The molecule has 2 N–H and O–H groups in total. The predicted molar refractivity (Wildman–Crippen MR) is 70.4 cm³/mol. The second kappa shape index (κ2) is 6.06. The van der Waals surface area contributed by atoms with Crippen LogP contribution in [-0.4, -0.2) is 5.75 Å². The van der Waals surface area contributed by atoms with Gasteiger partial charge in [0.05, 0.1) is 0 Å². The third-order valence-corrected chi connectivity index (χ3v) is 3.63. The largest absolute Gasteiger partial charge is 0.398 e. The first kappa shape index (κ1) is 12.4. The summed E-state index contributed by atoms with van der Waals surface area (Å²) in [7, 11) is 0. The first-order valence-corrected chi connectivity index (χ1v) is 6.57. The Hall–Kier alpha value is -0.630. The van der Waals surface area contributed by atoms with E-state index >= 15 is 0 Å². The fourth-order valence-electron chi connectivity index (χ4n) is 1.45. The van der Waals surface area contributed by atoms with E-state index < -0.39 is 0 Å². The lowest BCUT2D eigenvalue weighted by atomic mass is 10.1. The lowest BCUT2D eigenvalue weighted by Crippen LogP contribution is -1.93. The summed E-state index contributed by atoms with van der Waals surface area (Å²) in [6.45, 7) is 6.60. The average molecular weight is 223 g/mol. The highest BCUT2D eigenvalue weighted by Gasteiger charge is 2.02. The number of nitrogen functional groups attached to an aromatic ring is 1. The van der Waals surface area contributed by atoms with E-state index in [2.05, 4.69) is 39.0 Å². The molecule has 15 heavy (non-hydrogen) atoms. The van der Waals surface area contributed by atoms with Crippen LogP contribution in [0.1, 0.15) is 32.3 Å². The zero-order valence-corrected chi connectivity index (χ0v) is 10.7. The van der Waals surface area contributed by atoms with Gasteiger partial charge in [0.15, 0.2) is 0 Å². The van der Waals surface area contributed by atoms with Crippen molar-refractivity contribution in [2.45, 2.75) is 38.5 Å². The van der Waals surface area contributed by atoms with Gasteiger partial charge in [0.25, 0.3) is 0 Å². The number of aryl methyl sites for hydroxylation is 1. The zero-order valence-electron chi connectivity index (χ0n) is 9.92. The monoisotopic (exact) mass is 223 g/mol. The molecule has 0 bridgehead atoms. The van der Waals surface area contributed by atoms with Crippen molar-refractivity contribution < 1.29 is 0 Å². The summed E-state index contributed by atoms with van der Waals surface area (Å²) in [5.74, 6) is 1.98. The Kier molecular flexibility index (Phi) is 5.03. The third-order valence-electron chi connectivity index (χ3n) is 2.47. The molecule has 0 aliphatic rings. The van der Waals surface area contributed by atoms with Crippen molar-refractivity contribution in [1.82, 2.24) is 0 Å². The number of para-hydroxylation sites is 1. The van der Waals surface area contributed by atoms with Crippen LogP contribution in [0.15, 0.2) is 23.1 Å². The molecule has 0 saturated heterocycles. The lowest BCUT2D eigenvalue weighted by Gasteiger charge is -2.08. The van der Waals surface area contributed by atoms with Gasteiger partial charge in [0.1, 0.15) is 0 Å². The highest BCUT2D eigenvalue weighted by molar-refractivity contribution is 7.99. The van der Waals surface area contributed by atoms with Gasteiger partial charge in [-0.15, -0.1) is 11.8 Å². The maximum Gasteiger partial charge on any atom is 0.0481 e. The van der Waals surface area contributed by atoms with Crippen molar-refractivity contribution in [2.24, 2.45) is 5.92 Å². The molecule has 1 aromatic rings. The van der Waals surface area contributed by atoms with Crippen LogP contribution >= 0.6 is 11.8 Å². The van der Waals surface area contributed by atoms with Crippen LogP contribution < -0.4 is 5.73 Å². The molecule has 84 valence electrons. The molecule has 0 aromatic heterocycles. The molecule has 0 aliphatic heterocycles. The second-order valence-corrected chi connectivity index (χ2v) is 5.51. The highest BCUT2D eigenvalue weighted by atomic mass is 32.2. The molecule has 0 radical (unpaired) electrons. The van der Waals surface area contributed by atoms with Crippen molar-refractivity contribution >= 4 is 17.4 Å². The number of thioether (sulfide) groups is 1. The first-order valence-electron chi connectivity index (χ1n) is 5.59. The lowest BCUT2D eigenvalue weighted by molar-refractivity contribution is 0.579. The maximum absolute atomic E-state index is 6.00. The molecule has 0 amide bonds. The summed E-state index contributed by atoms with van der Waals surface area (Å²) in [6, 6.07) is 6.26. The quantitative estimate of drug-likeness (QED) is 0.462. The SMILES string of the molecule is Cc1cccc(SCCCC(C)C)c1N. The Morgan fingerprint density at radius 2 is 2.07 bits per heavy atom. The van der Waals surface area contributed by atoms with E-state index in [1.807, 2.05) is 11.8 Å². The van der Waals surface area contributed by atoms with Crippen LogP contribution in [0.4, 0.5) is 5.69 Å². The van der Waals surface area contributed by atoms with Gasteiger partial charge < -0.3 is 5.73 Å². The van der Waals surface area contributed by atoms with E-state index in [4.69, 9.17) is 5.73 Å². The van der Waals surface area contributed by atoms with E-state index in [0.717, 1.165) is 11.6 Å². The van der Waals surface area contributed by atoms with Gasteiger partial charge in [-0.1, -0.05) is 32.4 Å². The number of hydrogen-bond acceptors (Lipinski definition) is 2. The first-order chi connectivity index (χ1) is 7.11. The van der Waals surface area contributed by atoms with Gasteiger partial charge in [0, 0.05) is 10.6 Å². The van der Waals surface area contributed by atoms with Gasteiger partial charge in [-0.2, -0.15) is 0 Å². The molecule has 1 aromatic carbocycles. The van der Waals surface area contributed by atoms with E-state index in [0.29, 0.717) is 0 Å². The summed E-state index contributed by atoms with van der Waals surface area (Å²) in [5, 5.41) is 0. The molecule has 0 heterocycles. The normalized spacial score (nSPS) is 10.9. The molecule has 1 nitrogen and oxygen atoms in total. The van der Waals surface area contributed by atoms with Gasteiger partial charge in [-0.3, -0.25) is 0 Å². The molecule has 0 aliphatic carbocycles. The summed E-state index contributed by atoms with van der Waals surface area (Å²) >= 11 is 1.88. The minimum Gasteiger partial charge on any atom is -0.398 e. The minimum absolute atomic E-state index is 0.806. The molecular formula is C13H21NS. The van der Waals surface area contributed by atoms with E-state index in [9.17, 15) is 0 Å². The molecule has 0 fully saturated rings. The Labute approximate surface area is 97.4 Å². The van der Waals surface area contributed by atoms with Crippen LogP contribution in [0.3, 0.4) is 0 Å². The van der Waals surface area contributed by atoms with Gasteiger partial charge in [0.2, 0.25) is 0 Å². The Morgan fingerprint density at radius 3 is 2.73 bits per heavy atom. The van der Waals surface area contributed by atoms with Crippen LogP contribution in [0, 0.1) is 12.8 Å². The summed E-state index contributed by atoms with van der Waals surface area (Å²) in [6.07, 6.45) is 2.58. The van der Waals surface area contributed by atoms with Crippen LogP contribution in [0.2, 0.25) is 0 Å². The van der Waals surface area contributed by atoms with Gasteiger partial charge >= 0.3 is 0 Å². The van der Waals surface area contributed by atoms with E-state index in [-0.39, 0.29) is 0 Å². The number of benzene rings is 1. The molecule has 0 spiro atoms. The molecule has 0 unspecified atom stereocenters. The van der Waals surface area contributed by atoms with E-state index in [1.54, 1.807) is 0 Å². The van der Waals surface area contributed by atoms with Crippen LogP contribution in [-0.2, 0) is 0 Å².